The summed E-state index contributed by atoms with van der Waals surface area (Å²) in [6, 6.07) is 0.391. The van der Waals surface area contributed by atoms with Crippen LogP contribution in [-0.4, -0.2) is 30.1 Å². The van der Waals surface area contributed by atoms with E-state index in [1.165, 1.54) is 0 Å². The molecule has 23 heavy (non-hydrogen) atoms. The first kappa shape index (κ1) is 16.0. The summed E-state index contributed by atoms with van der Waals surface area (Å²) in [6.45, 7) is 0. The molecule has 2 fully saturated rings. The number of ether oxygens (including phenoxy) is 1. The zero-order valence-corrected chi connectivity index (χ0v) is 12.4. The van der Waals surface area contributed by atoms with Crippen LogP contribution in [0.15, 0.2) is 17.1 Å². The number of carbonyl (C=O) groups excluding carboxylic acids is 1. The minimum atomic E-state index is -4.80. The second kappa shape index (κ2) is 5.67. The molecule has 2 aliphatic carbocycles. The van der Waals surface area contributed by atoms with E-state index in [2.05, 4.69) is 5.32 Å². The summed E-state index contributed by atoms with van der Waals surface area (Å²) in [4.78, 5) is 25.5. The summed E-state index contributed by atoms with van der Waals surface area (Å²) in [7, 11) is 1.57. The molecular weight excluding hydrogens is 313 g/mol. The molecule has 2 N–H and O–H groups in total. The minimum Gasteiger partial charge on any atom is -0.379 e. The lowest BCUT2D eigenvalue weighted by Crippen LogP contribution is -2.62. The number of nitrogens with one attached hydrogen (secondary N) is 2. The van der Waals surface area contributed by atoms with Gasteiger partial charge in [0.1, 0.15) is 5.56 Å². The van der Waals surface area contributed by atoms with E-state index in [1.807, 2.05) is 4.98 Å². The Morgan fingerprint density at radius 3 is 2.70 bits per heavy atom. The summed E-state index contributed by atoms with van der Waals surface area (Å²) in [6.07, 6.45) is -0.804. The number of rotatable bonds is 3. The molecule has 1 aromatic rings. The molecule has 0 radical (unpaired) electrons. The van der Waals surface area contributed by atoms with Crippen LogP contribution in [0.4, 0.5) is 13.2 Å². The predicted octanol–water partition coefficient (Wildman–Crippen LogP) is 1.94. The molecule has 0 aliphatic heterocycles. The molecule has 5 nitrogen and oxygen atoms in total. The maximum absolute atomic E-state index is 12.8. The first-order valence-electron chi connectivity index (χ1n) is 7.46. The van der Waals surface area contributed by atoms with Crippen LogP contribution in [-0.2, 0) is 10.9 Å². The van der Waals surface area contributed by atoms with Crippen molar-refractivity contribution in [3.8, 4) is 0 Å². The molecule has 0 saturated heterocycles. The maximum Gasteiger partial charge on any atom is 0.421 e. The summed E-state index contributed by atoms with van der Waals surface area (Å²) in [5, 5.41) is 2.75. The number of amides is 1. The van der Waals surface area contributed by atoms with Crippen molar-refractivity contribution < 1.29 is 22.7 Å². The van der Waals surface area contributed by atoms with Crippen LogP contribution in [0, 0.1) is 11.8 Å². The molecule has 0 bridgehead atoms. The summed E-state index contributed by atoms with van der Waals surface area (Å²) in [5.41, 5.74) is -2.85. The molecule has 4 unspecified atom stereocenters. The van der Waals surface area contributed by atoms with Gasteiger partial charge in [-0.05, 0) is 30.7 Å². The van der Waals surface area contributed by atoms with Crippen molar-refractivity contribution in [3.63, 3.8) is 0 Å². The lowest BCUT2D eigenvalue weighted by molar-refractivity contribution is -0.138. The Hall–Kier alpha value is -1.83. The number of aromatic amines is 1. The van der Waals surface area contributed by atoms with E-state index in [1.54, 1.807) is 7.11 Å². The van der Waals surface area contributed by atoms with E-state index in [0.29, 0.717) is 17.9 Å². The molecule has 8 heteroatoms. The normalized spacial score (nSPS) is 29.7. The lowest BCUT2D eigenvalue weighted by Gasteiger charge is -2.48. The molecule has 1 amide bonds. The van der Waals surface area contributed by atoms with Gasteiger partial charge in [0.15, 0.2) is 0 Å². The fraction of sp³-hybridized carbons (Fsp3) is 0.600. The van der Waals surface area contributed by atoms with Gasteiger partial charge >= 0.3 is 6.18 Å². The van der Waals surface area contributed by atoms with Crippen molar-refractivity contribution in [2.24, 2.45) is 11.8 Å². The van der Waals surface area contributed by atoms with E-state index in [0.717, 1.165) is 25.5 Å². The number of halogens is 3. The Kier molecular flexibility index (Phi) is 3.95. The number of pyridine rings is 1. The third-order valence-corrected chi connectivity index (χ3v) is 4.90. The fourth-order valence-corrected chi connectivity index (χ4v) is 3.81. The topological polar surface area (TPSA) is 71.2 Å². The van der Waals surface area contributed by atoms with Gasteiger partial charge in [0.25, 0.3) is 11.5 Å². The van der Waals surface area contributed by atoms with Crippen molar-refractivity contribution in [2.75, 3.05) is 7.11 Å². The number of aromatic nitrogens is 1. The van der Waals surface area contributed by atoms with Crippen LogP contribution < -0.4 is 10.9 Å². The Balaban J connectivity index is 1.78. The molecule has 0 spiro atoms. The summed E-state index contributed by atoms with van der Waals surface area (Å²) < 4.78 is 43.7. The van der Waals surface area contributed by atoms with Gasteiger partial charge in [-0.15, -0.1) is 0 Å². The summed E-state index contributed by atoms with van der Waals surface area (Å²) >= 11 is 0. The largest absolute Gasteiger partial charge is 0.421 e. The molecule has 1 heterocycles. The van der Waals surface area contributed by atoms with E-state index in [9.17, 15) is 22.8 Å². The molecule has 4 atom stereocenters. The van der Waals surface area contributed by atoms with Crippen molar-refractivity contribution in [3.05, 3.63) is 33.7 Å². The average Bonchev–Trinajstić information content (AvgIpc) is 2.88. The predicted molar refractivity (Wildman–Crippen MR) is 74.9 cm³/mol. The molecule has 2 saturated carbocycles. The van der Waals surface area contributed by atoms with Gasteiger partial charge in [-0.3, -0.25) is 9.59 Å². The highest BCUT2D eigenvalue weighted by atomic mass is 19.4. The first-order chi connectivity index (χ1) is 10.8. The van der Waals surface area contributed by atoms with Gasteiger partial charge in [-0.2, -0.15) is 13.2 Å². The maximum atomic E-state index is 12.8. The van der Waals surface area contributed by atoms with E-state index in [4.69, 9.17) is 4.74 Å². The zero-order chi connectivity index (χ0) is 16.8. The van der Waals surface area contributed by atoms with Gasteiger partial charge in [-0.25, -0.2) is 0 Å². The Bertz CT molecular complexity index is 671. The van der Waals surface area contributed by atoms with Crippen molar-refractivity contribution >= 4 is 5.91 Å². The number of methoxy groups -OCH3 is 1. The third-order valence-electron chi connectivity index (χ3n) is 4.90. The minimum absolute atomic E-state index is 0.101. The van der Waals surface area contributed by atoms with Gasteiger partial charge in [-0.1, -0.05) is 6.42 Å². The Labute approximate surface area is 130 Å². The number of hydrogen-bond acceptors (Lipinski definition) is 3. The van der Waals surface area contributed by atoms with Crippen molar-refractivity contribution in [1.29, 1.82) is 0 Å². The highest BCUT2D eigenvalue weighted by molar-refractivity contribution is 5.94. The van der Waals surface area contributed by atoms with Gasteiger partial charge in [0.2, 0.25) is 0 Å². The van der Waals surface area contributed by atoms with Crippen LogP contribution in [0.25, 0.3) is 0 Å². The van der Waals surface area contributed by atoms with Crippen LogP contribution in [0.3, 0.4) is 0 Å². The van der Waals surface area contributed by atoms with Crippen molar-refractivity contribution in [1.82, 2.24) is 10.3 Å². The standard InChI is InChI=1S/C15H17F3N2O3/c1-23-12-9-4-2-3-8(9)11(12)20-13(21)7-5-10(15(16,17)18)14(22)19-6-7/h5-6,8-9,11-12H,2-4H2,1H3,(H,19,22)(H,20,21). The molecule has 0 aromatic carbocycles. The van der Waals surface area contributed by atoms with Crippen LogP contribution in [0.2, 0.25) is 0 Å². The quantitative estimate of drug-likeness (QED) is 0.890. The first-order valence-corrected chi connectivity index (χ1v) is 7.46. The zero-order valence-electron chi connectivity index (χ0n) is 12.4. The average molecular weight is 330 g/mol. The number of fused-ring (bicyclic) bond motifs is 1. The Morgan fingerprint density at radius 1 is 1.35 bits per heavy atom. The number of hydrogen-bond donors (Lipinski definition) is 2. The molecular formula is C15H17F3N2O3. The molecule has 2 aliphatic rings. The second-order valence-electron chi connectivity index (χ2n) is 6.09. The molecule has 126 valence electrons. The summed E-state index contributed by atoms with van der Waals surface area (Å²) in [5.74, 6) is 0.0875. The van der Waals surface area contributed by atoms with Crippen LogP contribution in [0.5, 0.6) is 0 Å². The van der Waals surface area contributed by atoms with E-state index < -0.39 is 23.2 Å². The second-order valence-corrected chi connectivity index (χ2v) is 6.09. The Morgan fingerprint density at radius 2 is 2.04 bits per heavy atom. The highest BCUT2D eigenvalue weighted by Gasteiger charge is 2.53. The monoisotopic (exact) mass is 330 g/mol. The third kappa shape index (κ3) is 2.75. The highest BCUT2D eigenvalue weighted by Crippen LogP contribution is 2.48. The van der Waals surface area contributed by atoms with Crippen LogP contribution in [0.1, 0.15) is 35.2 Å². The number of carbonyl (C=O) groups is 1. The lowest BCUT2D eigenvalue weighted by atomic mass is 9.68. The fourth-order valence-electron chi connectivity index (χ4n) is 3.81. The van der Waals surface area contributed by atoms with Gasteiger partial charge in [0.05, 0.1) is 17.7 Å². The van der Waals surface area contributed by atoms with Crippen molar-refractivity contribution in [2.45, 2.75) is 37.6 Å². The SMILES string of the molecule is COC1C2CCCC2C1NC(=O)c1c[nH]c(=O)c(C(F)(F)F)c1. The smallest absolute Gasteiger partial charge is 0.379 e. The number of alkyl halides is 3. The van der Waals surface area contributed by atoms with E-state index in [-0.39, 0.29) is 17.7 Å². The van der Waals surface area contributed by atoms with E-state index >= 15 is 0 Å². The number of H-pyrrole nitrogens is 1. The van der Waals surface area contributed by atoms with Crippen LogP contribution >= 0.6 is 0 Å². The molecule has 3 rings (SSSR count). The van der Waals surface area contributed by atoms with Gasteiger partial charge < -0.3 is 15.0 Å². The molecule has 1 aromatic heterocycles. The van der Waals surface area contributed by atoms with Gasteiger partial charge in [0, 0.05) is 13.3 Å².